The van der Waals surface area contributed by atoms with Crippen LogP contribution in [0.15, 0.2) is 60.9 Å². The van der Waals surface area contributed by atoms with Crippen molar-refractivity contribution in [3.05, 3.63) is 60.9 Å². The van der Waals surface area contributed by atoms with Gasteiger partial charge in [0, 0.05) is 89.0 Å². The summed E-state index contributed by atoms with van der Waals surface area (Å²) in [6.45, 7) is 13.9. The molecule has 0 radical (unpaired) electrons. The van der Waals surface area contributed by atoms with Crippen LogP contribution in [-0.2, 0) is 0 Å². The van der Waals surface area contributed by atoms with Crippen LogP contribution in [0, 0.1) is 0 Å². The smallest absolute Gasteiger partial charge is 0.233 e. The third-order valence-corrected chi connectivity index (χ3v) is 11.9. The van der Waals surface area contributed by atoms with Gasteiger partial charge in [0.05, 0.1) is 24.2 Å². The van der Waals surface area contributed by atoms with E-state index in [-0.39, 0.29) is 0 Å². The van der Waals surface area contributed by atoms with Gasteiger partial charge in [0.25, 0.3) is 0 Å². The number of piperazine rings is 2. The standard InChI is InChI=1S/2C21H32N4O/c2*1-2-8-19(9-3-1)24-15-13-23(14-16-24)11-6-7-17-26-21-18-20-10-4-5-12-25(20)22-21/h2*4-5,10,12,18-19H,1-3,6-9,11,13-17H2. The first-order valence-electron chi connectivity index (χ1n) is 20.8. The Balaban J connectivity index is 0.000000162. The van der Waals surface area contributed by atoms with Crippen LogP contribution in [0.4, 0.5) is 0 Å². The summed E-state index contributed by atoms with van der Waals surface area (Å²) in [5.41, 5.74) is 2.16. The lowest BCUT2D eigenvalue weighted by molar-refractivity contribution is 0.0776. The van der Waals surface area contributed by atoms with Crippen molar-refractivity contribution in [1.29, 1.82) is 0 Å². The maximum absolute atomic E-state index is 5.82. The van der Waals surface area contributed by atoms with Gasteiger partial charge in [0.15, 0.2) is 0 Å². The van der Waals surface area contributed by atoms with E-state index in [1.54, 1.807) is 0 Å². The minimum atomic E-state index is 0.734. The number of hydrogen-bond acceptors (Lipinski definition) is 8. The summed E-state index contributed by atoms with van der Waals surface area (Å²) in [6, 6.07) is 17.9. The Labute approximate surface area is 312 Å². The zero-order valence-electron chi connectivity index (χ0n) is 31.7. The molecule has 4 fully saturated rings. The number of pyridine rings is 2. The Morgan fingerprint density at radius 2 is 0.923 bits per heavy atom. The molecule has 2 aliphatic carbocycles. The summed E-state index contributed by atoms with van der Waals surface area (Å²) in [5.74, 6) is 1.47. The van der Waals surface area contributed by atoms with Crippen LogP contribution in [0.2, 0.25) is 0 Å². The molecule has 8 rings (SSSR count). The van der Waals surface area contributed by atoms with Gasteiger partial charge in [-0.3, -0.25) is 9.80 Å². The van der Waals surface area contributed by atoms with Crippen molar-refractivity contribution in [3.8, 4) is 11.8 Å². The van der Waals surface area contributed by atoms with Gasteiger partial charge >= 0.3 is 0 Å². The molecular formula is C42H64N8O2. The largest absolute Gasteiger partial charge is 0.477 e. The number of nitrogens with zero attached hydrogens (tertiary/aromatic N) is 8. The first-order chi connectivity index (χ1) is 25.8. The van der Waals surface area contributed by atoms with Crippen LogP contribution >= 0.6 is 0 Å². The Morgan fingerprint density at radius 1 is 0.500 bits per heavy atom. The van der Waals surface area contributed by atoms with Crippen molar-refractivity contribution >= 4 is 11.0 Å². The molecular weight excluding hydrogens is 649 g/mol. The van der Waals surface area contributed by atoms with Gasteiger partial charge in [-0.25, -0.2) is 9.03 Å². The Hall–Kier alpha value is -3.18. The molecule has 0 N–H and O–H groups in total. The maximum Gasteiger partial charge on any atom is 0.233 e. The highest BCUT2D eigenvalue weighted by Crippen LogP contribution is 2.25. The van der Waals surface area contributed by atoms with Crippen molar-refractivity contribution in [2.45, 2.75) is 102 Å². The molecule has 0 spiro atoms. The van der Waals surface area contributed by atoms with E-state index < -0.39 is 0 Å². The summed E-state index contributed by atoms with van der Waals surface area (Å²) < 4.78 is 15.4. The highest BCUT2D eigenvalue weighted by molar-refractivity contribution is 5.49. The second kappa shape index (κ2) is 19.8. The average Bonchev–Trinajstić information content (AvgIpc) is 3.83. The number of aromatic nitrogens is 4. The fourth-order valence-corrected chi connectivity index (χ4v) is 8.80. The van der Waals surface area contributed by atoms with E-state index in [0.29, 0.717) is 0 Å². The van der Waals surface area contributed by atoms with E-state index in [1.807, 2.05) is 70.0 Å². The Morgan fingerprint density at radius 3 is 1.33 bits per heavy atom. The molecule has 4 aliphatic rings. The molecule has 52 heavy (non-hydrogen) atoms. The minimum absolute atomic E-state index is 0.734. The van der Waals surface area contributed by atoms with E-state index in [1.165, 1.54) is 142 Å². The minimum Gasteiger partial charge on any atom is -0.477 e. The summed E-state index contributed by atoms with van der Waals surface area (Å²) in [6.07, 6.45) is 22.9. The summed E-state index contributed by atoms with van der Waals surface area (Å²) in [7, 11) is 0. The van der Waals surface area contributed by atoms with Crippen LogP contribution in [0.1, 0.15) is 89.9 Å². The molecule has 284 valence electrons. The average molecular weight is 713 g/mol. The van der Waals surface area contributed by atoms with E-state index in [9.17, 15) is 0 Å². The Kier molecular flexibility index (Phi) is 14.1. The number of hydrogen-bond donors (Lipinski definition) is 0. The molecule has 10 nitrogen and oxygen atoms in total. The lowest BCUT2D eigenvalue weighted by atomic mass is 9.94. The summed E-state index contributed by atoms with van der Waals surface area (Å²) >= 11 is 0. The molecule has 2 aliphatic heterocycles. The van der Waals surface area contributed by atoms with Gasteiger partial charge in [-0.2, -0.15) is 0 Å². The van der Waals surface area contributed by atoms with E-state index in [4.69, 9.17) is 9.47 Å². The fraction of sp³-hybridized carbons (Fsp3) is 0.667. The summed E-state index contributed by atoms with van der Waals surface area (Å²) in [5, 5.41) is 8.86. The zero-order chi connectivity index (χ0) is 35.2. The number of fused-ring (bicyclic) bond motifs is 2. The highest BCUT2D eigenvalue weighted by Gasteiger charge is 2.26. The molecule has 0 unspecified atom stereocenters. The lowest BCUT2D eigenvalue weighted by Crippen LogP contribution is -2.50. The zero-order valence-corrected chi connectivity index (χ0v) is 31.7. The van der Waals surface area contributed by atoms with Gasteiger partial charge in [-0.15, -0.1) is 10.2 Å². The summed E-state index contributed by atoms with van der Waals surface area (Å²) in [4.78, 5) is 10.8. The molecule has 0 amide bonds. The van der Waals surface area contributed by atoms with E-state index in [0.717, 1.165) is 60.9 Å². The number of rotatable bonds is 14. The van der Waals surface area contributed by atoms with Gasteiger partial charge in [-0.05, 0) is 88.7 Å². The first-order valence-corrected chi connectivity index (χ1v) is 20.8. The molecule has 6 heterocycles. The van der Waals surface area contributed by atoms with Gasteiger partial charge in [-0.1, -0.05) is 50.7 Å². The van der Waals surface area contributed by atoms with Crippen LogP contribution < -0.4 is 9.47 Å². The first kappa shape index (κ1) is 37.1. The molecule has 0 aromatic carbocycles. The van der Waals surface area contributed by atoms with Crippen LogP contribution in [0.3, 0.4) is 0 Å². The molecule has 2 saturated heterocycles. The number of unbranched alkanes of at least 4 members (excludes halogenated alkanes) is 2. The van der Waals surface area contributed by atoms with Gasteiger partial charge < -0.3 is 19.3 Å². The van der Waals surface area contributed by atoms with Crippen molar-refractivity contribution < 1.29 is 9.47 Å². The Bertz CT molecular complexity index is 1390. The SMILES string of the molecule is c1ccn2nc(OCCCCN3CCN(C4CCCCC4)CC3)cc2c1.c1ccn2nc(OCCCCN3CCN(C4CCCCC4)CC3)cc2c1. The fourth-order valence-electron chi connectivity index (χ4n) is 8.80. The van der Waals surface area contributed by atoms with Crippen molar-refractivity contribution in [2.24, 2.45) is 0 Å². The predicted octanol–water partition coefficient (Wildman–Crippen LogP) is 6.89. The molecule has 2 saturated carbocycles. The lowest BCUT2D eigenvalue weighted by Gasteiger charge is -2.40. The number of ether oxygens (including phenoxy) is 2. The van der Waals surface area contributed by atoms with E-state index >= 15 is 0 Å². The second-order valence-electron chi connectivity index (χ2n) is 15.6. The third-order valence-electron chi connectivity index (χ3n) is 11.9. The van der Waals surface area contributed by atoms with Crippen molar-refractivity contribution in [2.75, 3.05) is 78.7 Å². The second-order valence-corrected chi connectivity index (χ2v) is 15.6. The van der Waals surface area contributed by atoms with Gasteiger partial charge in [0.2, 0.25) is 11.8 Å². The van der Waals surface area contributed by atoms with Crippen LogP contribution in [0.5, 0.6) is 11.8 Å². The van der Waals surface area contributed by atoms with Gasteiger partial charge in [0.1, 0.15) is 0 Å². The van der Waals surface area contributed by atoms with Crippen molar-refractivity contribution in [3.63, 3.8) is 0 Å². The normalized spacial score (nSPS) is 20.6. The molecule has 0 bridgehead atoms. The molecule has 4 aromatic heterocycles. The third kappa shape index (κ3) is 10.9. The van der Waals surface area contributed by atoms with Crippen LogP contribution in [0.25, 0.3) is 11.0 Å². The monoisotopic (exact) mass is 713 g/mol. The van der Waals surface area contributed by atoms with E-state index in [2.05, 4.69) is 29.8 Å². The molecule has 0 atom stereocenters. The maximum atomic E-state index is 5.82. The quantitative estimate of drug-likeness (QED) is 0.131. The van der Waals surface area contributed by atoms with Crippen LogP contribution in [-0.4, -0.2) is 130 Å². The topological polar surface area (TPSA) is 66.0 Å². The predicted molar refractivity (Wildman–Crippen MR) is 210 cm³/mol. The highest BCUT2D eigenvalue weighted by atomic mass is 16.5. The molecule has 4 aromatic rings. The van der Waals surface area contributed by atoms with Crippen molar-refractivity contribution in [1.82, 2.24) is 38.8 Å². The molecule has 10 heteroatoms.